The van der Waals surface area contributed by atoms with E-state index in [0.717, 1.165) is 46.8 Å². The van der Waals surface area contributed by atoms with Gasteiger partial charge < -0.3 is 0 Å². The number of thioether (sulfide) groups is 1. The summed E-state index contributed by atoms with van der Waals surface area (Å²) in [7, 11) is 0. The van der Waals surface area contributed by atoms with Crippen molar-refractivity contribution in [3.63, 3.8) is 0 Å². The lowest BCUT2D eigenvalue weighted by molar-refractivity contribution is -0.119. The molecular weight excluding hydrogens is 390 g/mol. The van der Waals surface area contributed by atoms with Crippen molar-refractivity contribution >= 4 is 29.1 Å². The maximum absolute atomic E-state index is 12.4. The Bertz CT molecular complexity index is 1030. The molecule has 0 radical (unpaired) electrons. The molecule has 6 heteroatoms. The summed E-state index contributed by atoms with van der Waals surface area (Å²) in [5.74, 6) is 1.01. The number of hydrogen-bond donors (Lipinski definition) is 0. The van der Waals surface area contributed by atoms with Crippen molar-refractivity contribution in [3.8, 4) is 17.1 Å². The van der Waals surface area contributed by atoms with Gasteiger partial charge in [0, 0.05) is 12.0 Å². The normalized spacial score (nSPS) is 17.1. The number of rotatable bonds is 4. The van der Waals surface area contributed by atoms with Crippen LogP contribution in [0, 0.1) is 13.8 Å². The molecule has 0 aliphatic heterocycles. The number of halogens is 1. The van der Waals surface area contributed by atoms with Crippen LogP contribution in [0.4, 0.5) is 0 Å². The highest BCUT2D eigenvalue weighted by atomic mass is 35.5. The van der Waals surface area contributed by atoms with Gasteiger partial charge >= 0.3 is 0 Å². The van der Waals surface area contributed by atoms with E-state index in [2.05, 4.69) is 46.8 Å². The van der Waals surface area contributed by atoms with Crippen molar-refractivity contribution in [2.45, 2.75) is 49.9 Å². The van der Waals surface area contributed by atoms with Crippen molar-refractivity contribution in [1.29, 1.82) is 0 Å². The number of nitrogens with zero attached hydrogens (tertiary/aromatic N) is 3. The fourth-order valence-electron chi connectivity index (χ4n) is 3.54. The van der Waals surface area contributed by atoms with Crippen LogP contribution in [0.2, 0.25) is 5.02 Å². The Morgan fingerprint density at radius 2 is 1.93 bits per heavy atom. The van der Waals surface area contributed by atoms with Gasteiger partial charge in [-0.25, -0.2) is 0 Å². The lowest BCUT2D eigenvalue weighted by atomic mass is 9.99. The fraction of sp³-hybridized carbons (Fsp3) is 0.318. The molecular formula is C22H22ClN3OS. The molecule has 0 bridgehead atoms. The molecule has 3 aromatic rings. The van der Waals surface area contributed by atoms with Crippen molar-refractivity contribution < 1.29 is 4.79 Å². The van der Waals surface area contributed by atoms with E-state index in [0.29, 0.717) is 23.1 Å². The van der Waals surface area contributed by atoms with Crippen molar-refractivity contribution in [2.75, 3.05) is 0 Å². The first-order valence-electron chi connectivity index (χ1n) is 9.52. The maximum Gasteiger partial charge on any atom is 0.196 e. The molecule has 144 valence electrons. The Balaban J connectivity index is 1.86. The van der Waals surface area contributed by atoms with E-state index in [1.54, 1.807) is 0 Å². The fourth-order valence-corrected chi connectivity index (χ4v) is 4.93. The van der Waals surface area contributed by atoms with Gasteiger partial charge in [-0.15, -0.1) is 10.2 Å². The third-order valence-corrected chi connectivity index (χ3v) is 6.69. The lowest BCUT2D eigenvalue weighted by Crippen LogP contribution is -2.21. The van der Waals surface area contributed by atoms with Crippen LogP contribution in [0.5, 0.6) is 0 Å². The van der Waals surface area contributed by atoms with Gasteiger partial charge in [-0.1, -0.05) is 54.0 Å². The molecule has 0 N–H and O–H groups in total. The Morgan fingerprint density at radius 3 is 2.71 bits per heavy atom. The number of aryl methyl sites for hydroxylation is 2. The van der Waals surface area contributed by atoms with Crippen LogP contribution in [-0.2, 0) is 4.79 Å². The highest BCUT2D eigenvalue weighted by Crippen LogP contribution is 2.36. The van der Waals surface area contributed by atoms with Gasteiger partial charge in [0.2, 0.25) is 0 Å². The average Bonchev–Trinajstić information content (AvgIpc) is 3.09. The van der Waals surface area contributed by atoms with E-state index < -0.39 is 0 Å². The molecule has 1 aromatic heterocycles. The van der Waals surface area contributed by atoms with Gasteiger partial charge in [0.1, 0.15) is 5.78 Å². The van der Waals surface area contributed by atoms with Crippen LogP contribution in [0.25, 0.3) is 17.1 Å². The number of carbonyl (C=O) groups is 1. The summed E-state index contributed by atoms with van der Waals surface area (Å²) in [5.41, 5.74) is 4.13. The van der Waals surface area contributed by atoms with Gasteiger partial charge in [0.05, 0.1) is 16.0 Å². The van der Waals surface area contributed by atoms with Gasteiger partial charge in [0.25, 0.3) is 0 Å². The Hall–Kier alpha value is -2.11. The molecule has 1 atom stereocenters. The number of ketones is 1. The van der Waals surface area contributed by atoms with E-state index >= 15 is 0 Å². The number of aromatic nitrogens is 3. The Kier molecular flexibility index (Phi) is 5.56. The van der Waals surface area contributed by atoms with Gasteiger partial charge in [-0.3, -0.25) is 9.36 Å². The minimum absolute atomic E-state index is 0.0547. The van der Waals surface area contributed by atoms with E-state index in [-0.39, 0.29) is 5.25 Å². The molecule has 1 aliphatic carbocycles. The summed E-state index contributed by atoms with van der Waals surface area (Å²) in [4.78, 5) is 12.4. The lowest BCUT2D eigenvalue weighted by Gasteiger charge is -2.20. The number of Topliss-reactive ketones (excluding diaryl/α,β-unsaturated/α-hetero) is 1. The van der Waals surface area contributed by atoms with Crippen molar-refractivity contribution in [2.24, 2.45) is 0 Å². The molecule has 0 spiro atoms. The number of benzene rings is 2. The van der Waals surface area contributed by atoms with E-state index in [4.69, 9.17) is 11.6 Å². The zero-order valence-corrected chi connectivity index (χ0v) is 17.6. The molecule has 4 nitrogen and oxygen atoms in total. The molecule has 0 amide bonds. The first-order valence-corrected chi connectivity index (χ1v) is 10.8. The van der Waals surface area contributed by atoms with Gasteiger partial charge in [-0.05, 0) is 56.0 Å². The van der Waals surface area contributed by atoms with Crippen LogP contribution >= 0.6 is 23.4 Å². The van der Waals surface area contributed by atoms with Crippen LogP contribution < -0.4 is 0 Å². The molecule has 1 heterocycles. The summed E-state index contributed by atoms with van der Waals surface area (Å²) < 4.78 is 2.05. The smallest absolute Gasteiger partial charge is 0.196 e. The molecule has 4 rings (SSSR count). The number of carbonyl (C=O) groups excluding carboxylic acids is 1. The van der Waals surface area contributed by atoms with E-state index in [1.807, 2.05) is 24.3 Å². The first-order chi connectivity index (χ1) is 13.5. The molecule has 0 unspecified atom stereocenters. The second-order valence-electron chi connectivity index (χ2n) is 7.23. The highest BCUT2D eigenvalue weighted by molar-refractivity contribution is 8.00. The van der Waals surface area contributed by atoms with Crippen LogP contribution in [-0.4, -0.2) is 25.8 Å². The SMILES string of the molecule is Cc1ccc(C)c(-n2c(S[C@H]3CCCCC3=O)nnc2-c2ccccc2Cl)c1. The molecule has 1 saturated carbocycles. The first kappa shape index (κ1) is 19.2. The second kappa shape index (κ2) is 8.10. The second-order valence-corrected chi connectivity index (χ2v) is 8.81. The third-order valence-electron chi connectivity index (χ3n) is 5.10. The topological polar surface area (TPSA) is 47.8 Å². The zero-order chi connectivity index (χ0) is 19.7. The predicted octanol–water partition coefficient (Wildman–Crippen LogP) is 5.81. The Labute approximate surface area is 174 Å². The summed E-state index contributed by atoms with van der Waals surface area (Å²) >= 11 is 8.00. The average molecular weight is 412 g/mol. The van der Waals surface area contributed by atoms with E-state index in [1.165, 1.54) is 11.8 Å². The molecule has 2 aromatic carbocycles. The largest absolute Gasteiger partial charge is 0.298 e. The Morgan fingerprint density at radius 1 is 1.11 bits per heavy atom. The summed E-state index contributed by atoms with van der Waals surface area (Å²) in [6.07, 6.45) is 3.63. The van der Waals surface area contributed by atoms with Crippen LogP contribution in [0.3, 0.4) is 0 Å². The number of hydrogen-bond acceptors (Lipinski definition) is 4. The minimum Gasteiger partial charge on any atom is -0.298 e. The highest BCUT2D eigenvalue weighted by Gasteiger charge is 2.27. The quantitative estimate of drug-likeness (QED) is 0.543. The molecule has 28 heavy (non-hydrogen) atoms. The predicted molar refractivity (Wildman–Crippen MR) is 114 cm³/mol. The molecule has 1 fully saturated rings. The van der Waals surface area contributed by atoms with Gasteiger partial charge in [0.15, 0.2) is 11.0 Å². The molecule has 1 aliphatic rings. The van der Waals surface area contributed by atoms with Crippen LogP contribution in [0.15, 0.2) is 47.6 Å². The maximum atomic E-state index is 12.4. The summed E-state index contributed by atoms with van der Waals surface area (Å²) in [6.45, 7) is 4.14. The summed E-state index contributed by atoms with van der Waals surface area (Å²) in [6, 6.07) is 14.0. The minimum atomic E-state index is -0.0547. The van der Waals surface area contributed by atoms with Crippen molar-refractivity contribution in [1.82, 2.24) is 14.8 Å². The summed E-state index contributed by atoms with van der Waals surface area (Å²) in [5, 5.41) is 10.3. The zero-order valence-electron chi connectivity index (χ0n) is 16.0. The third kappa shape index (κ3) is 3.74. The van der Waals surface area contributed by atoms with Crippen LogP contribution in [0.1, 0.15) is 36.8 Å². The van der Waals surface area contributed by atoms with Crippen molar-refractivity contribution in [3.05, 3.63) is 58.6 Å². The monoisotopic (exact) mass is 411 g/mol. The van der Waals surface area contributed by atoms with Gasteiger partial charge in [-0.2, -0.15) is 0 Å². The molecule has 0 saturated heterocycles. The standard InChI is InChI=1S/C22H22ClN3OS/c1-14-11-12-15(2)18(13-14)26-21(16-7-3-4-8-17(16)23)24-25-22(26)28-20-10-6-5-9-19(20)27/h3-4,7-8,11-13,20H,5-6,9-10H2,1-2H3/t20-/m0/s1. The van der Waals surface area contributed by atoms with E-state index in [9.17, 15) is 4.79 Å².